The summed E-state index contributed by atoms with van der Waals surface area (Å²) in [6, 6.07) is 4.92. The molecule has 1 amide bonds. The summed E-state index contributed by atoms with van der Waals surface area (Å²) in [6.07, 6.45) is -4.21. The number of esters is 3. The van der Waals surface area contributed by atoms with E-state index in [9.17, 15) is 24.3 Å². The molecule has 0 saturated carbocycles. The highest BCUT2D eigenvalue weighted by atomic mass is 28.4. The minimum absolute atomic E-state index is 0.171. The van der Waals surface area contributed by atoms with Gasteiger partial charge in [-0.05, 0) is 30.3 Å². The molecule has 0 radical (unpaired) electrons. The van der Waals surface area contributed by atoms with Crippen LogP contribution in [0.4, 0.5) is 5.82 Å². The Morgan fingerprint density at radius 3 is 1.92 bits per heavy atom. The Kier molecular flexibility index (Phi) is 11.9. The van der Waals surface area contributed by atoms with Gasteiger partial charge in [0.25, 0.3) is 0 Å². The normalized spacial score (nSPS) is 15.1. The fourth-order valence-corrected chi connectivity index (χ4v) is 4.22. The lowest BCUT2D eigenvalue weighted by Gasteiger charge is -2.39. The van der Waals surface area contributed by atoms with Crippen LogP contribution < -0.4 is 4.90 Å². The van der Waals surface area contributed by atoms with Gasteiger partial charge in [-0.3, -0.25) is 24.1 Å². The Balaban J connectivity index is 3.43. The largest absolute Gasteiger partial charge is 0.456 e. The molecule has 12 heteroatoms. The first kappa shape index (κ1) is 32.2. The number of rotatable bonds is 12. The Morgan fingerprint density at radius 1 is 0.946 bits per heavy atom. The van der Waals surface area contributed by atoms with Crippen molar-refractivity contribution in [1.29, 1.82) is 0 Å². The third-order valence-electron chi connectivity index (χ3n) is 6.08. The van der Waals surface area contributed by atoms with E-state index < -0.39 is 56.5 Å². The van der Waals surface area contributed by atoms with E-state index in [2.05, 4.69) is 4.98 Å². The van der Waals surface area contributed by atoms with Crippen LogP contribution in [0.3, 0.4) is 0 Å². The molecule has 4 atom stereocenters. The van der Waals surface area contributed by atoms with Gasteiger partial charge >= 0.3 is 17.9 Å². The van der Waals surface area contributed by atoms with Gasteiger partial charge in [0.15, 0.2) is 26.6 Å². The quantitative estimate of drug-likeness (QED) is 0.239. The topological polar surface area (TPSA) is 142 Å². The molecule has 0 aliphatic rings. The summed E-state index contributed by atoms with van der Waals surface area (Å²) in [4.78, 5) is 53.8. The number of hydrogen-bond acceptors (Lipinski definition) is 10. The maximum atomic E-state index is 12.4. The molecule has 1 rings (SSSR count). The third-order valence-corrected chi connectivity index (χ3v) is 10.6. The van der Waals surface area contributed by atoms with Crippen molar-refractivity contribution in [2.24, 2.45) is 0 Å². The lowest BCUT2D eigenvalue weighted by Crippen LogP contribution is -2.56. The van der Waals surface area contributed by atoms with Crippen molar-refractivity contribution >= 4 is 38.0 Å². The summed E-state index contributed by atoms with van der Waals surface area (Å²) in [6.45, 7) is 14.3. The molecular weight excluding hydrogens is 500 g/mol. The number of amides is 1. The Hall–Kier alpha value is -2.83. The van der Waals surface area contributed by atoms with E-state index in [1.54, 1.807) is 18.2 Å². The lowest BCUT2D eigenvalue weighted by molar-refractivity contribution is -0.194. The standard InChI is InChI=1S/C25H40N2O9Si/c1-16(28)27(22-12-10-11-13-26-22)14-20(32)23(35-18(3)30)24(36-19(4)31)21(34-17(2)29)15-33-37(8,9)25(5,6)7/h10-13,20-21,23-24,32H,14-15H2,1-9H3/t20-,21-,23-,24-/m1/s1. The predicted octanol–water partition coefficient (Wildman–Crippen LogP) is 2.61. The number of nitrogens with zero attached hydrogens (tertiary/aromatic N) is 2. The molecule has 1 N–H and O–H groups in total. The van der Waals surface area contributed by atoms with Crippen molar-refractivity contribution in [2.75, 3.05) is 18.1 Å². The third kappa shape index (κ3) is 10.2. The Morgan fingerprint density at radius 2 is 1.49 bits per heavy atom. The van der Waals surface area contributed by atoms with Gasteiger partial charge in [0, 0.05) is 33.9 Å². The van der Waals surface area contributed by atoms with Crippen molar-refractivity contribution in [3.63, 3.8) is 0 Å². The number of aliphatic hydroxyl groups is 1. The van der Waals surface area contributed by atoms with Crippen LogP contribution in [0.5, 0.6) is 0 Å². The number of pyridine rings is 1. The molecule has 1 heterocycles. The molecule has 0 aromatic carbocycles. The summed E-state index contributed by atoms with van der Waals surface area (Å²) < 4.78 is 22.5. The fourth-order valence-electron chi connectivity index (χ4n) is 3.21. The number of carbonyl (C=O) groups is 4. The average Bonchev–Trinajstić information content (AvgIpc) is 2.76. The molecule has 0 fully saturated rings. The zero-order valence-electron chi connectivity index (χ0n) is 23.1. The van der Waals surface area contributed by atoms with Gasteiger partial charge in [-0.1, -0.05) is 26.8 Å². The van der Waals surface area contributed by atoms with Gasteiger partial charge < -0.3 is 23.7 Å². The summed E-state index contributed by atoms with van der Waals surface area (Å²) in [5.41, 5.74) is 0. The summed E-state index contributed by atoms with van der Waals surface area (Å²) in [5, 5.41) is 11.0. The molecule has 0 aliphatic carbocycles. The molecule has 37 heavy (non-hydrogen) atoms. The lowest BCUT2D eigenvalue weighted by atomic mass is 10.0. The Labute approximate surface area is 219 Å². The van der Waals surface area contributed by atoms with Crippen molar-refractivity contribution in [3.05, 3.63) is 24.4 Å². The number of carbonyl (C=O) groups excluding carboxylic acids is 4. The average molecular weight is 541 g/mol. The van der Waals surface area contributed by atoms with Crippen LogP contribution in [0.25, 0.3) is 0 Å². The smallest absolute Gasteiger partial charge is 0.303 e. The molecule has 1 aromatic rings. The van der Waals surface area contributed by atoms with Gasteiger partial charge in [-0.2, -0.15) is 0 Å². The van der Waals surface area contributed by atoms with Crippen molar-refractivity contribution in [3.8, 4) is 0 Å². The molecule has 0 aliphatic heterocycles. The van der Waals surface area contributed by atoms with Gasteiger partial charge in [0.2, 0.25) is 5.91 Å². The van der Waals surface area contributed by atoms with E-state index in [1.165, 1.54) is 24.9 Å². The van der Waals surface area contributed by atoms with Gasteiger partial charge in [0.1, 0.15) is 11.9 Å². The molecule has 208 valence electrons. The van der Waals surface area contributed by atoms with Crippen molar-refractivity contribution < 1.29 is 42.9 Å². The van der Waals surface area contributed by atoms with Crippen LogP contribution in [0, 0.1) is 0 Å². The second-order valence-electron chi connectivity index (χ2n) is 10.3. The molecule has 0 bridgehead atoms. The second-order valence-corrected chi connectivity index (χ2v) is 15.1. The highest BCUT2D eigenvalue weighted by molar-refractivity contribution is 6.74. The van der Waals surface area contributed by atoms with Crippen molar-refractivity contribution in [1.82, 2.24) is 4.98 Å². The fraction of sp³-hybridized carbons (Fsp3) is 0.640. The van der Waals surface area contributed by atoms with Crippen LogP contribution in [0.2, 0.25) is 18.1 Å². The van der Waals surface area contributed by atoms with Crippen LogP contribution in [-0.4, -0.2) is 79.8 Å². The predicted molar refractivity (Wildman–Crippen MR) is 138 cm³/mol. The second kappa shape index (κ2) is 13.6. The first-order chi connectivity index (χ1) is 17.0. The van der Waals surface area contributed by atoms with Crippen LogP contribution in [0.1, 0.15) is 48.5 Å². The molecule has 1 aromatic heterocycles. The maximum absolute atomic E-state index is 12.4. The number of hydrogen-bond donors (Lipinski definition) is 1. The first-order valence-electron chi connectivity index (χ1n) is 12.0. The molecule has 0 unspecified atom stereocenters. The SMILES string of the molecule is CC(=O)O[C@@H]([C@H](OC(C)=O)[C@@H](CO[Si](C)(C)C(C)(C)C)OC(C)=O)[C@H](O)CN(C(C)=O)c1ccccn1. The molecule has 0 spiro atoms. The number of ether oxygens (including phenoxy) is 3. The monoisotopic (exact) mass is 540 g/mol. The summed E-state index contributed by atoms with van der Waals surface area (Å²) in [5.74, 6) is -2.39. The number of aliphatic hydroxyl groups excluding tert-OH is 1. The highest BCUT2D eigenvalue weighted by Crippen LogP contribution is 2.37. The Bertz CT molecular complexity index is 934. The minimum atomic E-state index is -2.35. The number of aromatic nitrogens is 1. The summed E-state index contributed by atoms with van der Waals surface area (Å²) in [7, 11) is -2.35. The van der Waals surface area contributed by atoms with Crippen LogP contribution >= 0.6 is 0 Å². The molecule has 0 saturated heterocycles. The van der Waals surface area contributed by atoms with E-state index in [-0.39, 0.29) is 24.0 Å². The highest BCUT2D eigenvalue weighted by Gasteiger charge is 2.44. The van der Waals surface area contributed by atoms with Gasteiger partial charge in [-0.15, -0.1) is 0 Å². The van der Waals surface area contributed by atoms with E-state index in [4.69, 9.17) is 18.6 Å². The maximum Gasteiger partial charge on any atom is 0.303 e. The van der Waals surface area contributed by atoms with Crippen LogP contribution in [0.15, 0.2) is 24.4 Å². The van der Waals surface area contributed by atoms with E-state index >= 15 is 0 Å². The summed E-state index contributed by atoms with van der Waals surface area (Å²) >= 11 is 0. The van der Waals surface area contributed by atoms with E-state index in [0.29, 0.717) is 0 Å². The van der Waals surface area contributed by atoms with Crippen LogP contribution in [-0.2, 0) is 37.8 Å². The van der Waals surface area contributed by atoms with Gasteiger partial charge in [-0.25, -0.2) is 4.98 Å². The molecular formula is C25H40N2O9Si. The zero-order chi connectivity index (χ0) is 28.6. The first-order valence-corrected chi connectivity index (χ1v) is 14.9. The molecule has 11 nitrogen and oxygen atoms in total. The van der Waals surface area contributed by atoms with Gasteiger partial charge in [0.05, 0.1) is 13.2 Å². The minimum Gasteiger partial charge on any atom is -0.456 e. The number of anilines is 1. The van der Waals surface area contributed by atoms with E-state index in [1.807, 2.05) is 33.9 Å². The zero-order valence-corrected chi connectivity index (χ0v) is 24.1. The van der Waals surface area contributed by atoms with Crippen molar-refractivity contribution in [2.45, 2.75) is 91.0 Å². The van der Waals surface area contributed by atoms with E-state index in [0.717, 1.165) is 13.8 Å².